The zero-order valence-corrected chi connectivity index (χ0v) is 20.9. The molecular weight excluding hydrogens is 497 g/mol. The van der Waals surface area contributed by atoms with Crippen LogP contribution in [0.4, 0.5) is 11.4 Å². The number of benzene rings is 2. The van der Waals surface area contributed by atoms with Gasteiger partial charge in [-0.25, -0.2) is 0 Å². The van der Waals surface area contributed by atoms with E-state index in [4.69, 9.17) is 39.2 Å². The maximum Gasteiger partial charge on any atom is 0.291 e. The molecule has 1 aliphatic heterocycles. The van der Waals surface area contributed by atoms with Gasteiger partial charge in [-0.2, -0.15) is 0 Å². The van der Waals surface area contributed by atoms with Crippen molar-refractivity contribution in [1.82, 2.24) is 4.90 Å². The number of rotatable bonds is 6. The number of carbonyl (C=O) groups excluding carboxylic acids is 2. The molecule has 1 saturated heterocycles. The number of amides is 2. The number of hydrogen-bond donors (Lipinski definition) is 1. The van der Waals surface area contributed by atoms with E-state index in [9.17, 15) is 9.59 Å². The molecule has 0 radical (unpaired) electrons. The quantitative estimate of drug-likeness (QED) is 0.397. The molecule has 2 amide bonds. The molecule has 3 aromatic rings. The lowest BCUT2D eigenvalue weighted by atomic mass is 10.2. The summed E-state index contributed by atoms with van der Waals surface area (Å²) in [4.78, 5) is 28.9. The van der Waals surface area contributed by atoms with Crippen LogP contribution in [0.1, 0.15) is 30.3 Å². The van der Waals surface area contributed by atoms with Gasteiger partial charge in [-0.1, -0.05) is 47.8 Å². The number of nitrogens with zero attached hydrogens (tertiary/aromatic N) is 2. The zero-order valence-electron chi connectivity index (χ0n) is 18.6. The third-order valence-corrected chi connectivity index (χ3v) is 6.81. The van der Waals surface area contributed by atoms with Gasteiger partial charge in [-0.15, -0.1) is 0 Å². The van der Waals surface area contributed by atoms with Gasteiger partial charge in [0.2, 0.25) is 5.91 Å². The van der Waals surface area contributed by atoms with E-state index in [1.807, 2.05) is 17.9 Å². The Labute approximate surface area is 213 Å². The first kappa shape index (κ1) is 24.5. The number of piperazine rings is 1. The first-order valence-electron chi connectivity index (χ1n) is 11.0. The second-order valence-corrected chi connectivity index (χ2v) is 9.20. The van der Waals surface area contributed by atoms with Crippen molar-refractivity contribution in [3.05, 3.63) is 69.4 Å². The highest BCUT2D eigenvalue weighted by atomic mass is 35.5. The fourth-order valence-electron chi connectivity index (χ4n) is 3.90. The average Bonchev–Trinajstić information content (AvgIpc) is 3.32. The summed E-state index contributed by atoms with van der Waals surface area (Å²) in [5.41, 5.74) is 2.03. The summed E-state index contributed by atoms with van der Waals surface area (Å²) in [5, 5.41) is 4.11. The highest BCUT2D eigenvalue weighted by Gasteiger charge is 2.22. The molecule has 1 N–H and O–H groups in total. The fraction of sp³-hybridized carbons (Fsp3) is 0.280. The Bertz CT molecular complexity index is 1200. The summed E-state index contributed by atoms with van der Waals surface area (Å²) in [6.07, 6.45) is 1.43. The molecule has 0 bridgehead atoms. The Morgan fingerprint density at radius 3 is 2.44 bits per heavy atom. The van der Waals surface area contributed by atoms with Crippen LogP contribution in [0, 0.1) is 0 Å². The Kier molecular flexibility index (Phi) is 7.71. The van der Waals surface area contributed by atoms with E-state index in [1.165, 1.54) is 0 Å². The number of hydrogen-bond acceptors (Lipinski definition) is 4. The van der Waals surface area contributed by atoms with E-state index in [0.29, 0.717) is 64.7 Å². The lowest BCUT2D eigenvalue weighted by Gasteiger charge is -2.36. The summed E-state index contributed by atoms with van der Waals surface area (Å²) in [5.74, 6) is 0.378. The molecule has 6 nitrogen and oxygen atoms in total. The summed E-state index contributed by atoms with van der Waals surface area (Å²) >= 11 is 18.9. The predicted molar refractivity (Wildman–Crippen MR) is 137 cm³/mol. The molecule has 0 atom stereocenters. The molecule has 0 spiro atoms. The van der Waals surface area contributed by atoms with Crippen molar-refractivity contribution in [2.75, 3.05) is 36.4 Å². The van der Waals surface area contributed by atoms with Crippen LogP contribution < -0.4 is 10.2 Å². The van der Waals surface area contributed by atoms with Crippen LogP contribution in [0.5, 0.6) is 0 Å². The largest absolute Gasteiger partial charge is 0.451 e. The van der Waals surface area contributed by atoms with Crippen LogP contribution in [0.2, 0.25) is 15.1 Å². The van der Waals surface area contributed by atoms with Crippen LogP contribution in [-0.4, -0.2) is 42.9 Å². The van der Waals surface area contributed by atoms with Crippen LogP contribution in [0.3, 0.4) is 0 Å². The smallest absolute Gasteiger partial charge is 0.291 e. The Morgan fingerprint density at radius 2 is 1.74 bits per heavy atom. The van der Waals surface area contributed by atoms with Gasteiger partial charge in [0.1, 0.15) is 5.76 Å². The van der Waals surface area contributed by atoms with E-state index in [2.05, 4.69) is 10.2 Å². The van der Waals surface area contributed by atoms with Crippen molar-refractivity contribution in [3.63, 3.8) is 0 Å². The van der Waals surface area contributed by atoms with Gasteiger partial charge in [0.25, 0.3) is 5.91 Å². The van der Waals surface area contributed by atoms with Crippen LogP contribution in [0.25, 0.3) is 11.3 Å². The van der Waals surface area contributed by atoms with E-state index in [-0.39, 0.29) is 11.7 Å². The van der Waals surface area contributed by atoms with E-state index >= 15 is 0 Å². The summed E-state index contributed by atoms with van der Waals surface area (Å²) < 4.78 is 5.71. The van der Waals surface area contributed by atoms with Crippen LogP contribution in [-0.2, 0) is 4.79 Å². The van der Waals surface area contributed by atoms with E-state index in [1.54, 1.807) is 42.5 Å². The third kappa shape index (κ3) is 5.35. The minimum absolute atomic E-state index is 0.138. The lowest BCUT2D eigenvalue weighted by Crippen LogP contribution is -2.48. The van der Waals surface area contributed by atoms with Crippen molar-refractivity contribution in [3.8, 4) is 11.3 Å². The van der Waals surface area contributed by atoms with Gasteiger partial charge in [-0.3, -0.25) is 9.59 Å². The Balaban J connectivity index is 1.40. The predicted octanol–water partition coefficient (Wildman–Crippen LogP) is 6.61. The number of halogens is 3. The fourth-order valence-corrected chi connectivity index (χ4v) is 4.60. The highest BCUT2D eigenvalue weighted by Crippen LogP contribution is 2.35. The molecule has 2 aromatic carbocycles. The van der Waals surface area contributed by atoms with Gasteiger partial charge >= 0.3 is 0 Å². The maximum atomic E-state index is 12.7. The molecule has 0 unspecified atom stereocenters. The second kappa shape index (κ2) is 10.7. The van der Waals surface area contributed by atoms with Crippen molar-refractivity contribution in [2.24, 2.45) is 0 Å². The van der Waals surface area contributed by atoms with E-state index in [0.717, 1.165) is 12.1 Å². The molecule has 34 heavy (non-hydrogen) atoms. The minimum Gasteiger partial charge on any atom is -0.451 e. The molecule has 178 valence electrons. The zero-order chi connectivity index (χ0) is 24.2. The molecule has 0 aliphatic carbocycles. The van der Waals surface area contributed by atoms with Crippen molar-refractivity contribution >= 4 is 58.0 Å². The Hall–Kier alpha value is -2.67. The van der Waals surface area contributed by atoms with Crippen LogP contribution in [0.15, 0.2) is 52.9 Å². The monoisotopic (exact) mass is 519 g/mol. The van der Waals surface area contributed by atoms with Gasteiger partial charge in [0.05, 0.1) is 20.8 Å². The number of furan rings is 1. The number of carbonyl (C=O) groups is 2. The van der Waals surface area contributed by atoms with Crippen LogP contribution >= 0.6 is 34.8 Å². The first-order valence-corrected chi connectivity index (χ1v) is 12.2. The standard InChI is InChI=1S/C25H24Cl3N3O3/c1-2-4-23(32)31-13-11-30(12-14-31)20-8-7-16(15-19(20)27)29-25(33)22-10-9-21(34-22)17-5-3-6-18(26)24(17)28/h3,5-10,15H,2,4,11-14H2,1H3,(H,29,33). The van der Waals surface area contributed by atoms with Gasteiger partial charge in [0, 0.05) is 43.9 Å². The highest BCUT2D eigenvalue weighted by molar-refractivity contribution is 6.43. The molecule has 4 rings (SSSR count). The summed E-state index contributed by atoms with van der Waals surface area (Å²) in [6.45, 7) is 4.77. The molecule has 1 aromatic heterocycles. The second-order valence-electron chi connectivity index (χ2n) is 8.00. The molecule has 9 heteroatoms. The maximum absolute atomic E-state index is 12.7. The third-order valence-electron chi connectivity index (χ3n) is 5.69. The molecule has 0 saturated carbocycles. The average molecular weight is 521 g/mol. The summed E-state index contributed by atoms with van der Waals surface area (Å²) in [7, 11) is 0. The van der Waals surface area contributed by atoms with E-state index < -0.39 is 5.91 Å². The lowest BCUT2D eigenvalue weighted by molar-refractivity contribution is -0.131. The molecular formula is C25H24Cl3N3O3. The molecule has 2 heterocycles. The van der Waals surface area contributed by atoms with Crippen molar-refractivity contribution in [2.45, 2.75) is 19.8 Å². The molecule has 1 fully saturated rings. The van der Waals surface area contributed by atoms with Crippen molar-refractivity contribution in [1.29, 1.82) is 0 Å². The van der Waals surface area contributed by atoms with Gasteiger partial charge < -0.3 is 19.5 Å². The number of nitrogens with one attached hydrogen (secondary N) is 1. The minimum atomic E-state index is -0.406. The Morgan fingerprint density at radius 1 is 0.971 bits per heavy atom. The normalized spacial score (nSPS) is 13.8. The molecule has 1 aliphatic rings. The van der Waals surface area contributed by atoms with Gasteiger partial charge in [0.15, 0.2) is 5.76 Å². The topological polar surface area (TPSA) is 65.8 Å². The first-order chi connectivity index (χ1) is 16.4. The van der Waals surface area contributed by atoms with Crippen molar-refractivity contribution < 1.29 is 14.0 Å². The van der Waals surface area contributed by atoms with Gasteiger partial charge in [-0.05, 0) is 48.9 Å². The summed E-state index contributed by atoms with van der Waals surface area (Å²) in [6, 6.07) is 13.9. The SMILES string of the molecule is CCCC(=O)N1CCN(c2ccc(NC(=O)c3ccc(-c4cccc(Cl)c4Cl)o3)cc2Cl)CC1. The number of anilines is 2.